The Kier molecular flexibility index (Phi) is 3.30. The van der Waals surface area contributed by atoms with Crippen LogP contribution in [0.3, 0.4) is 0 Å². The van der Waals surface area contributed by atoms with Crippen molar-refractivity contribution in [3.63, 3.8) is 0 Å². The predicted molar refractivity (Wildman–Crippen MR) is 64.1 cm³/mol. The zero-order valence-corrected chi connectivity index (χ0v) is 11.2. The first-order valence-electron chi connectivity index (χ1n) is 4.76. The van der Waals surface area contributed by atoms with Gasteiger partial charge in [0.25, 0.3) is 0 Å². The van der Waals surface area contributed by atoms with E-state index in [4.69, 9.17) is 10.5 Å². The second kappa shape index (κ2) is 4.73. The number of nitriles is 2. The number of hydrogen-bond acceptors (Lipinski definition) is 4. The third-order valence-corrected chi connectivity index (χ3v) is 4.23. The molecule has 1 aliphatic rings. The van der Waals surface area contributed by atoms with Gasteiger partial charge in [0.2, 0.25) is 0 Å². The van der Waals surface area contributed by atoms with Crippen LogP contribution >= 0.6 is 11.3 Å². The van der Waals surface area contributed by atoms with Crippen LogP contribution in [0.4, 0.5) is 0 Å². The van der Waals surface area contributed by atoms with Crippen molar-refractivity contribution in [2.75, 3.05) is 0 Å². The van der Waals surface area contributed by atoms with E-state index in [2.05, 4.69) is 27.4 Å². The van der Waals surface area contributed by atoms with Gasteiger partial charge in [-0.05, 0) is 0 Å². The zero-order valence-electron chi connectivity index (χ0n) is 8.54. The number of carbonyl (C=O) groups excluding carboxylic acids is 1. The van der Waals surface area contributed by atoms with Gasteiger partial charge in [-0.1, -0.05) is 0 Å². The van der Waals surface area contributed by atoms with E-state index < -0.39 is 11.8 Å². The van der Waals surface area contributed by atoms with E-state index >= 15 is 0 Å². The summed E-state index contributed by atoms with van der Waals surface area (Å²) in [6, 6.07) is 7.75. The monoisotopic (exact) mass is 309 g/mol. The van der Waals surface area contributed by atoms with Crippen LogP contribution in [0.25, 0.3) is 0 Å². The average Bonchev–Trinajstić information content (AvgIpc) is 2.81. The summed E-state index contributed by atoms with van der Waals surface area (Å²) in [5, 5.41) is 22.7. The maximum absolute atomic E-state index is 11.7. The molecule has 17 heavy (non-hydrogen) atoms. The molecule has 2 atom stereocenters. The Labute approximate surface area is 110 Å². The first kappa shape index (κ1) is 11.9. The molecular weight excluding hydrogens is 301 g/mol. The van der Waals surface area contributed by atoms with E-state index in [1.807, 2.05) is 23.6 Å². The van der Waals surface area contributed by atoms with Crippen molar-refractivity contribution >= 4 is 33.3 Å². The molecule has 0 aromatic carbocycles. The van der Waals surface area contributed by atoms with Crippen LogP contribution in [0.1, 0.15) is 10.8 Å². The topological polar surface area (TPSA) is 76.7 Å². The molecule has 0 radical (unpaired) electrons. The summed E-state index contributed by atoms with van der Waals surface area (Å²) >= 11 is 3.62. The minimum absolute atomic E-state index is 0.347. The Hall–Kier alpha value is -1.59. The van der Waals surface area contributed by atoms with Crippen molar-refractivity contribution in [1.29, 1.82) is 10.5 Å². The summed E-state index contributed by atoms with van der Waals surface area (Å²) < 4.78 is 0.481. The number of rotatable bonds is 1. The Morgan fingerprint density at radius 1 is 1.47 bits per heavy atom. The summed E-state index contributed by atoms with van der Waals surface area (Å²) in [4.78, 5) is 12.6. The third-order valence-electron chi connectivity index (χ3n) is 2.53. The molecule has 2 unspecified atom stereocenters. The predicted octanol–water partition coefficient (Wildman–Crippen LogP) is 0.737. The number of nitrogens with zero attached hydrogens (tertiary/aromatic N) is 2. The van der Waals surface area contributed by atoms with Crippen molar-refractivity contribution in [2.45, 2.75) is 5.92 Å². The Balaban J connectivity index is 2.57. The number of hydrogen-bond donors (Lipinski definition) is 1. The molecule has 0 saturated heterocycles. The molecule has 0 bridgehead atoms. The second-order valence-electron chi connectivity index (χ2n) is 3.46. The minimum atomic E-state index is -0.837. The molecule has 4 nitrogen and oxygen atoms in total. The molecule has 0 saturated carbocycles. The molecule has 0 spiro atoms. The van der Waals surface area contributed by atoms with E-state index in [9.17, 15) is 4.79 Å². The van der Waals surface area contributed by atoms with Crippen LogP contribution in [0.15, 0.2) is 27.7 Å². The first-order valence-corrected chi connectivity index (χ1v) is 6.58. The van der Waals surface area contributed by atoms with Crippen LogP contribution in [0.5, 0.6) is 0 Å². The standard InChI is InChI=1S/C11H7N3OSSe/c12-4-6-9(8-2-1-3-16-8)7(5-13)11(17)14-10(6)15/h1-3,6,9,17H,(H,14,15). The Morgan fingerprint density at radius 3 is 2.76 bits per heavy atom. The first-order chi connectivity index (χ1) is 8.19. The van der Waals surface area contributed by atoms with E-state index in [-0.39, 0.29) is 5.91 Å². The molecular formula is C11H7N3OSSe. The Bertz CT molecular complexity index is 565. The number of amides is 1. The summed E-state index contributed by atoms with van der Waals surface area (Å²) in [6.07, 6.45) is 0. The Morgan fingerprint density at radius 2 is 2.24 bits per heavy atom. The molecule has 0 fully saturated rings. The van der Waals surface area contributed by atoms with Crippen molar-refractivity contribution in [1.82, 2.24) is 5.32 Å². The third kappa shape index (κ3) is 1.99. The van der Waals surface area contributed by atoms with Gasteiger partial charge in [0.1, 0.15) is 0 Å². The van der Waals surface area contributed by atoms with Crippen LogP contribution in [0, 0.1) is 28.6 Å². The van der Waals surface area contributed by atoms with Gasteiger partial charge in [-0.2, -0.15) is 0 Å². The molecule has 0 aliphatic carbocycles. The summed E-state index contributed by atoms with van der Waals surface area (Å²) in [7, 11) is 0. The fourth-order valence-corrected chi connectivity index (χ4v) is 3.26. The fourth-order valence-electron chi connectivity index (χ4n) is 1.76. The normalized spacial score (nSPS) is 23.8. The second-order valence-corrected chi connectivity index (χ2v) is 5.38. The summed E-state index contributed by atoms with van der Waals surface area (Å²) in [6.45, 7) is 0. The molecule has 1 aromatic rings. The summed E-state index contributed by atoms with van der Waals surface area (Å²) in [5.41, 5.74) is 0.443. The summed E-state index contributed by atoms with van der Waals surface area (Å²) in [5.74, 6) is -1.63. The van der Waals surface area contributed by atoms with E-state index in [0.717, 1.165) is 4.88 Å². The number of thiophene rings is 1. The van der Waals surface area contributed by atoms with Gasteiger partial charge in [-0.25, -0.2) is 0 Å². The molecule has 1 N–H and O–H groups in total. The molecule has 1 aromatic heterocycles. The quantitative estimate of drug-likeness (QED) is 0.777. The zero-order chi connectivity index (χ0) is 12.4. The number of allylic oxidation sites excluding steroid dienone is 1. The van der Waals surface area contributed by atoms with Crippen molar-refractivity contribution in [2.24, 2.45) is 5.92 Å². The van der Waals surface area contributed by atoms with Crippen LogP contribution < -0.4 is 5.32 Å². The van der Waals surface area contributed by atoms with Crippen LogP contribution in [-0.4, -0.2) is 21.9 Å². The van der Waals surface area contributed by atoms with Crippen molar-refractivity contribution in [3.05, 3.63) is 32.6 Å². The van der Waals surface area contributed by atoms with Crippen LogP contribution in [0.2, 0.25) is 0 Å². The van der Waals surface area contributed by atoms with Gasteiger partial charge in [0, 0.05) is 0 Å². The molecule has 2 rings (SSSR count). The van der Waals surface area contributed by atoms with Gasteiger partial charge < -0.3 is 0 Å². The maximum atomic E-state index is 11.7. The SMILES string of the molecule is N#CC1=C([SeH])NC(=O)C(C#N)C1c1cccs1. The van der Waals surface area contributed by atoms with Gasteiger partial charge in [-0.3, -0.25) is 0 Å². The molecule has 2 heterocycles. The number of carbonyl (C=O) groups is 1. The number of nitrogens with one attached hydrogen (secondary N) is 1. The molecule has 1 aliphatic heterocycles. The van der Waals surface area contributed by atoms with E-state index in [0.29, 0.717) is 10.2 Å². The molecule has 6 heteroatoms. The average molecular weight is 308 g/mol. The van der Waals surface area contributed by atoms with Gasteiger partial charge in [0.15, 0.2) is 0 Å². The van der Waals surface area contributed by atoms with Crippen LogP contribution in [-0.2, 0) is 4.79 Å². The van der Waals surface area contributed by atoms with E-state index in [1.165, 1.54) is 11.3 Å². The van der Waals surface area contributed by atoms with Gasteiger partial charge >= 0.3 is 110 Å². The van der Waals surface area contributed by atoms with Crippen molar-refractivity contribution < 1.29 is 4.79 Å². The molecule has 84 valence electrons. The molecule has 1 amide bonds. The van der Waals surface area contributed by atoms with Crippen molar-refractivity contribution in [3.8, 4) is 12.1 Å². The van der Waals surface area contributed by atoms with E-state index in [1.54, 1.807) is 0 Å². The van der Waals surface area contributed by atoms with Gasteiger partial charge in [-0.15, -0.1) is 0 Å². The fraction of sp³-hybridized carbons (Fsp3) is 0.182. The van der Waals surface area contributed by atoms with Gasteiger partial charge in [0.05, 0.1) is 0 Å².